The lowest BCUT2D eigenvalue weighted by Crippen LogP contribution is -2.44. The van der Waals surface area contributed by atoms with Crippen molar-refractivity contribution < 1.29 is 9.13 Å². The van der Waals surface area contributed by atoms with E-state index >= 15 is 0 Å². The fourth-order valence-electron chi connectivity index (χ4n) is 2.04. The minimum atomic E-state index is -0.295. The third-order valence-corrected chi connectivity index (χ3v) is 3.24. The van der Waals surface area contributed by atoms with Crippen molar-refractivity contribution in [2.75, 3.05) is 19.8 Å². The first-order valence-corrected chi connectivity index (χ1v) is 5.62. The molecule has 0 atom stereocenters. The molecular weight excluding hydrogens is 181 g/mol. The number of nitrogens with two attached hydrogens (primary N) is 1. The number of ether oxygens (including phenoxy) is 1. The van der Waals surface area contributed by atoms with Gasteiger partial charge in [0.2, 0.25) is 0 Å². The normalized spacial score (nSPS) is 33.2. The van der Waals surface area contributed by atoms with Crippen LogP contribution in [-0.4, -0.2) is 25.4 Å². The lowest BCUT2D eigenvalue weighted by atomic mass is 9.79. The van der Waals surface area contributed by atoms with Crippen molar-refractivity contribution in [1.29, 1.82) is 0 Å². The lowest BCUT2D eigenvalue weighted by molar-refractivity contribution is -0.0717. The second kappa shape index (κ2) is 5.66. The van der Waals surface area contributed by atoms with Gasteiger partial charge in [0.1, 0.15) is 0 Å². The highest BCUT2D eigenvalue weighted by atomic mass is 19.1. The van der Waals surface area contributed by atoms with E-state index in [2.05, 4.69) is 6.92 Å². The van der Waals surface area contributed by atoms with Gasteiger partial charge in [-0.05, 0) is 38.0 Å². The van der Waals surface area contributed by atoms with E-state index in [1.54, 1.807) is 0 Å². The maximum Gasteiger partial charge on any atom is 0.0916 e. The Balaban J connectivity index is 2.34. The smallest absolute Gasteiger partial charge is 0.0916 e. The molecule has 2 N–H and O–H groups in total. The van der Waals surface area contributed by atoms with Crippen LogP contribution in [0.3, 0.4) is 0 Å². The molecular formula is C11H22FNO. The molecule has 2 nitrogen and oxygen atoms in total. The van der Waals surface area contributed by atoms with Crippen LogP contribution < -0.4 is 5.73 Å². The summed E-state index contributed by atoms with van der Waals surface area (Å²) >= 11 is 0. The molecule has 1 aliphatic carbocycles. The van der Waals surface area contributed by atoms with E-state index in [0.717, 1.165) is 18.8 Å². The summed E-state index contributed by atoms with van der Waals surface area (Å²) in [6, 6.07) is 0. The molecule has 0 radical (unpaired) electrons. The van der Waals surface area contributed by atoms with Crippen molar-refractivity contribution >= 4 is 0 Å². The highest BCUT2D eigenvalue weighted by molar-refractivity contribution is 4.87. The van der Waals surface area contributed by atoms with Crippen LogP contribution in [-0.2, 0) is 4.74 Å². The fraction of sp³-hybridized carbons (Fsp3) is 1.00. The number of hydrogen-bond acceptors (Lipinski definition) is 2. The molecule has 84 valence electrons. The predicted molar refractivity (Wildman–Crippen MR) is 56.0 cm³/mol. The minimum absolute atomic E-state index is 0.137. The van der Waals surface area contributed by atoms with Crippen molar-refractivity contribution in [3.05, 3.63) is 0 Å². The third-order valence-electron chi connectivity index (χ3n) is 3.24. The zero-order chi connectivity index (χ0) is 10.4. The molecule has 3 heteroatoms. The Bertz CT molecular complexity index is 155. The van der Waals surface area contributed by atoms with Crippen LogP contribution in [0.2, 0.25) is 0 Å². The van der Waals surface area contributed by atoms with Crippen molar-refractivity contribution in [3.8, 4) is 0 Å². The van der Waals surface area contributed by atoms with E-state index in [0.29, 0.717) is 19.6 Å². The molecule has 14 heavy (non-hydrogen) atoms. The molecule has 0 aromatic carbocycles. The molecule has 1 aliphatic rings. The molecule has 0 aliphatic heterocycles. The molecule has 0 amide bonds. The summed E-state index contributed by atoms with van der Waals surface area (Å²) in [5.74, 6) is 0.791. The zero-order valence-electron chi connectivity index (χ0n) is 9.10. The van der Waals surface area contributed by atoms with E-state index < -0.39 is 0 Å². The number of halogens is 1. The first-order valence-electron chi connectivity index (χ1n) is 5.62. The predicted octanol–water partition coefficient (Wildman–Crippen LogP) is 2.27. The van der Waals surface area contributed by atoms with Crippen molar-refractivity contribution in [2.24, 2.45) is 11.7 Å². The Morgan fingerprint density at radius 3 is 2.57 bits per heavy atom. The van der Waals surface area contributed by atoms with Gasteiger partial charge in [-0.3, -0.25) is 4.39 Å². The molecule has 0 bridgehead atoms. The van der Waals surface area contributed by atoms with Gasteiger partial charge in [0.25, 0.3) is 0 Å². The molecule has 0 aromatic rings. The fourth-order valence-corrected chi connectivity index (χ4v) is 2.04. The van der Waals surface area contributed by atoms with Crippen LogP contribution in [0.25, 0.3) is 0 Å². The summed E-state index contributed by atoms with van der Waals surface area (Å²) in [5.41, 5.74) is 5.61. The minimum Gasteiger partial charge on any atom is -0.374 e. The molecule has 1 saturated carbocycles. The maximum atomic E-state index is 11.9. The Hall–Kier alpha value is -0.150. The third kappa shape index (κ3) is 3.21. The number of hydrogen-bond donors (Lipinski definition) is 1. The van der Waals surface area contributed by atoms with Crippen LogP contribution in [0.1, 0.15) is 39.0 Å². The van der Waals surface area contributed by atoms with Crippen molar-refractivity contribution in [3.63, 3.8) is 0 Å². The SMILES string of the molecule is CC1CCC(CN)(OCCCF)CC1. The van der Waals surface area contributed by atoms with Gasteiger partial charge in [0.05, 0.1) is 12.3 Å². The van der Waals surface area contributed by atoms with Gasteiger partial charge in [-0.15, -0.1) is 0 Å². The highest BCUT2D eigenvalue weighted by Crippen LogP contribution is 2.34. The lowest BCUT2D eigenvalue weighted by Gasteiger charge is -2.38. The van der Waals surface area contributed by atoms with Crippen molar-refractivity contribution in [1.82, 2.24) is 0 Å². The summed E-state index contributed by atoms with van der Waals surface area (Å²) in [4.78, 5) is 0. The quantitative estimate of drug-likeness (QED) is 0.696. The highest BCUT2D eigenvalue weighted by Gasteiger charge is 2.33. The second-order valence-electron chi connectivity index (χ2n) is 4.46. The van der Waals surface area contributed by atoms with Crippen molar-refractivity contribution in [2.45, 2.75) is 44.6 Å². The molecule has 0 spiro atoms. The standard InChI is InChI=1S/C11H22FNO/c1-10-3-5-11(9-13,6-4-10)14-8-2-7-12/h10H,2-9,13H2,1H3. The van der Waals surface area contributed by atoms with Crippen LogP contribution >= 0.6 is 0 Å². The van der Waals surface area contributed by atoms with Gasteiger partial charge < -0.3 is 10.5 Å². The van der Waals surface area contributed by atoms with E-state index in [-0.39, 0.29) is 12.3 Å². The van der Waals surface area contributed by atoms with Crippen LogP contribution in [0.4, 0.5) is 4.39 Å². The van der Waals surface area contributed by atoms with Crippen LogP contribution in [0, 0.1) is 5.92 Å². The summed E-state index contributed by atoms with van der Waals surface area (Å²) in [7, 11) is 0. The van der Waals surface area contributed by atoms with Crippen LogP contribution in [0.15, 0.2) is 0 Å². The zero-order valence-corrected chi connectivity index (χ0v) is 9.10. The number of alkyl halides is 1. The molecule has 1 rings (SSSR count). The first kappa shape index (κ1) is 11.9. The van der Waals surface area contributed by atoms with Gasteiger partial charge in [0.15, 0.2) is 0 Å². The first-order chi connectivity index (χ1) is 6.72. The average molecular weight is 203 g/mol. The summed E-state index contributed by atoms with van der Waals surface area (Å²) in [6.07, 6.45) is 4.95. The second-order valence-corrected chi connectivity index (χ2v) is 4.46. The molecule has 0 aromatic heterocycles. The number of rotatable bonds is 5. The van der Waals surface area contributed by atoms with Crippen LogP contribution in [0.5, 0.6) is 0 Å². The van der Waals surface area contributed by atoms with Gasteiger partial charge in [0, 0.05) is 13.2 Å². The largest absolute Gasteiger partial charge is 0.374 e. The summed E-state index contributed by atoms with van der Waals surface area (Å²) in [5, 5.41) is 0. The molecule has 1 fully saturated rings. The Kier molecular flexibility index (Phi) is 4.82. The Morgan fingerprint density at radius 2 is 2.07 bits per heavy atom. The van der Waals surface area contributed by atoms with E-state index in [4.69, 9.17) is 10.5 Å². The summed E-state index contributed by atoms with van der Waals surface area (Å²) < 4.78 is 17.7. The van der Waals surface area contributed by atoms with Gasteiger partial charge >= 0.3 is 0 Å². The van der Waals surface area contributed by atoms with E-state index in [1.807, 2.05) is 0 Å². The Labute approximate surface area is 86.0 Å². The van der Waals surface area contributed by atoms with Gasteiger partial charge in [-0.1, -0.05) is 6.92 Å². The molecule has 0 unspecified atom stereocenters. The topological polar surface area (TPSA) is 35.2 Å². The molecule has 0 saturated heterocycles. The molecule has 0 heterocycles. The van der Waals surface area contributed by atoms with E-state index in [9.17, 15) is 4.39 Å². The van der Waals surface area contributed by atoms with Gasteiger partial charge in [-0.2, -0.15) is 0 Å². The van der Waals surface area contributed by atoms with E-state index in [1.165, 1.54) is 12.8 Å². The Morgan fingerprint density at radius 1 is 1.43 bits per heavy atom. The maximum absolute atomic E-state index is 11.9. The average Bonchev–Trinajstić information content (AvgIpc) is 2.22. The summed E-state index contributed by atoms with van der Waals surface area (Å²) in [6.45, 7) is 3.06. The van der Waals surface area contributed by atoms with Gasteiger partial charge in [-0.25, -0.2) is 0 Å². The monoisotopic (exact) mass is 203 g/mol.